The Hall–Kier alpha value is -1.78. The first-order valence-corrected chi connectivity index (χ1v) is 11.9. The summed E-state index contributed by atoms with van der Waals surface area (Å²) < 4.78 is 5.79. The first kappa shape index (κ1) is 23.9. The summed E-state index contributed by atoms with van der Waals surface area (Å²) in [6.45, 7) is 8.41. The van der Waals surface area contributed by atoms with E-state index in [0.29, 0.717) is 5.92 Å². The minimum atomic E-state index is -0.318. The van der Waals surface area contributed by atoms with Gasteiger partial charge in [0, 0.05) is 45.6 Å². The summed E-state index contributed by atoms with van der Waals surface area (Å²) >= 11 is 1.68. The zero-order valence-electron chi connectivity index (χ0n) is 18.4. The normalized spacial score (nSPS) is 24.2. The highest BCUT2D eigenvalue weighted by Crippen LogP contribution is 2.44. The molecule has 2 N–H and O–H groups in total. The zero-order chi connectivity index (χ0) is 22.4. The van der Waals surface area contributed by atoms with Crippen molar-refractivity contribution in [3.8, 4) is 0 Å². The molecule has 10 heteroatoms. The van der Waals surface area contributed by atoms with Gasteiger partial charge in [0.15, 0.2) is 0 Å². The van der Waals surface area contributed by atoms with E-state index in [0.717, 1.165) is 81.4 Å². The minimum absolute atomic E-state index is 0.00605. The number of piperidine rings is 2. The molecule has 3 aliphatic heterocycles. The number of carbonyl (C=O) groups is 2. The van der Waals surface area contributed by atoms with Gasteiger partial charge >= 0.3 is 5.97 Å². The minimum Gasteiger partial charge on any atom is -0.483 e. The number of cyclic esters (lactones) is 1. The lowest BCUT2D eigenvalue weighted by molar-refractivity contribution is -0.150. The van der Waals surface area contributed by atoms with E-state index >= 15 is 0 Å². The molecular formula is C21H34N4O5S. The van der Waals surface area contributed by atoms with Crippen LogP contribution in [-0.4, -0.2) is 82.7 Å². The molecule has 0 amide bonds. The molecule has 9 nitrogen and oxygen atoms in total. The number of carbonyl (C=O) groups excluding carboxylic acids is 1. The maximum absolute atomic E-state index is 12.7. The summed E-state index contributed by atoms with van der Waals surface area (Å²) in [5.74, 6) is 0.575. The Balaban J connectivity index is 0.000000858. The summed E-state index contributed by atoms with van der Waals surface area (Å²) in [6, 6.07) is 0. The lowest BCUT2D eigenvalue weighted by Gasteiger charge is -2.36. The van der Waals surface area contributed by atoms with Crippen LogP contribution >= 0.6 is 11.3 Å². The number of nitrogens with zero attached hydrogens (tertiary/aromatic N) is 4. The fourth-order valence-electron chi connectivity index (χ4n) is 4.67. The molecule has 0 aliphatic carbocycles. The van der Waals surface area contributed by atoms with Gasteiger partial charge in [0.1, 0.15) is 11.1 Å². The number of aliphatic hydroxyl groups is 1. The van der Waals surface area contributed by atoms with Crippen molar-refractivity contribution in [1.82, 2.24) is 15.1 Å². The highest BCUT2D eigenvalue weighted by molar-refractivity contribution is 7.15. The van der Waals surface area contributed by atoms with Crippen molar-refractivity contribution in [2.75, 3.05) is 37.6 Å². The van der Waals surface area contributed by atoms with Crippen LogP contribution in [0.5, 0.6) is 0 Å². The molecule has 3 fully saturated rings. The molecule has 0 saturated carbocycles. The Morgan fingerprint density at radius 2 is 1.87 bits per heavy atom. The second-order valence-corrected chi connectivity index (χ2v) is 10.3. The molecule has 4 heterocycles. The summed E-state index contributed by atoms with van der Waals surface area (Å²) in [5, 5.41) is 27.3. The first-order chi connectivity index (χ1) is 14.8. The Morgan fingerprint density at radius 1 is 1.23 bits per heavy atom. The highest BCUT2D eigenvalue weighted by atomic mass is 32.1. The number of hydrogen-bond acceptors (Lipinski definition) is 9. The largest absolute Gasteiger partial charge is 0.483 e. The van der Waals surface area contributed by atoms with Crippen molar-refractivity contribution in [2.45, 2.75) is 64.6 Å². The number of esters is 1. The Kier molecular flexibility index (Phi) is 8.23. The van der Waals surface area contributed by atoms with Gasteiger partial charge in [0.05, 0.1) is 11.5 Å². The van der Waals surface area contributed by atoms with Crippen molar-refractivity contribution >= 4 is 28.9 Å². The number of carboxylic acid groups (broad SMARTS) is 1. The molecule has 1 aromatic heterocycles. The van der Waals surface area contributed by atoms with E-state index in [2.05, 4.69) is 33.8 Å². The topological polar surface area (TPSA) is 116 Å². The number of aromatic nitrogens is 2. The smallest absolute Gasteiger partial charge is 0.312 e. The van der Waals surface area contributed by atoms with Gasteiger partial charge in [-0.1, -0.05) is 25.2 Å². The lowest BCUT2D eigenvalue weighted by atomic mass is 9.76. The Labute approximate surface area is 187 Å². The van der Waals surface area contributed by atoms with Crippen molar-refractivity contribution in [1.29, 1.82) is 0 Å². The summed E-state index contributed by atoms with van der Waals surface area (Å²) in [6.07, 6.45) is 4.93. The monoisotopic (exact) mass is 454 g/mol. The number of likely N-dealkylation sites (tertiary alicyclic amines) is 1. The third-order valence-corrected chi connectivity index (χ3v) is 7.38. The second kappa shape index (κ2) is 10.7. The van der Waals surface area contributed by atoms with Gasteiger partial charge in [0.2, 0.25) is 5.13 Å². The van der Waals surface area contributed by atoms with Crippen LogP contribution in [0.15, 0.2) is 0 Å². The van der Waals surface area contributed by atoms with E-state index in [4.69, 9.17) is 14.6 Å². The molecule has 1 spiro atoms. The van der Waals surface area contributed by atoms with Crippen LogP contribution < -0.4 is 4.90 Å². The van der Waals surface area contributed by atoms with E-state index in [1.807, 2.05) is 0 Å². The van der Waals surface area contributed by atoms with Gasteiger partial charge in [-0.15, -0.1) is 10.2 Å². The van der Waals surface area contributed by atoms with Crippen LogP contribution in [-0.2, 0) is 20.7 Å². The average Bonchev–Trinajstić information content (AvgIpc) is 3.29. The molecule has 1 aromatic rings. The van der Waals surface area contributed by atoms with E-state index in [-0.39, 0.29) is 30.1 Å². The molecule has 0 bridgehead atoms. The predicted octanol–water partition coefficient (Wildman–Crippen LogP) is 1.80. The van der Waals surface area contributed by atoms with Crippen LogP contribution in [0.2, 0.25) is 0 Å². The van der Waals surface area contributed by atoms with Crippen LogP contribution in [0.3, 0.4) is 0 Å². The van der Waals surface area contributed by atoms with Crippen molar-refractivity contribution < 1.29 is 24.5 Å². The van der Waals surface area contributed by atoms with E-state index in [9.17, 15) is 9.90 Å². The van der Waals surface area contributed by atoms with E-state index in [1.54, 1.807) is 11.3 Å². The third-order valence-electron chi connectivity index (χ3n) is 6.37. The zero-order valence-corrected chi connectivity index (χ0v) is 19.2. The third kappa shape index (κ3) is 6.14. The fraction of sp³-hybridized carbons (Fsp3) is 0.810. The highest BCUT2D eigenvalue weighted by Gasteiger charge is 2.50. The quantitative estimate of drug-likeness (QED) is 0.507. The van der Waals surface area contributed by atoms with Gasteiger partial charge in [-0.05, 0) is 31.6 Å². The number of rotatable bonds is 5. The number of ether oxygens (including phenoxy) is 1. The molecule has 1 atom stereocenters. The van der Waals surface area contributed by atoms with Crippen molar-refractivity contribution in [3.63, 3.8) is 0 Å². The summed E-state index contributed by atoms with van der Waals surface area (Å²) in [5.41, 5.74) is -0.318. The van der Waals surface area contributed by atoms with Gasteiger partial charge in [0.25, 0.3) is 6.47 Å². The standard InChI is InChI=1S/C20H32N4O3S.CH2O2/c1-14(2)11-17-21-22-19(28-17)24-9-5-20(6-10-24)12-16(27-18(20)26)13-23-7-3-15(25)4-8-23;2-1-3/h14-16,25H,3-13H2,1-2H3;1H,(H,2,3). The maximum atomic E-state index is 12.7. The maximum Gasteiger partial charge on any atom is 0.312 e. The van der Waals surface area contributed by atoms with Gasteiger partial charge in [-0.2, -0.15) is 0 Å². The lowest BCUT2D eigenvalue weighted by Crippen LogP contribution is -2.43. The van der Waals surface area contributed by atoms with Gasteiger partial charge in [-0.25, -0.2) is 0 Å². The fourth-order valence-corrected chi connectivity index (χ4v) is 5.77. The molecule has 0 radical (unpaired) electrons. The molecule has 0 aromatic carbocycles. The predicted molar refractivity (Wildman–Crippen MR) is 117 cm³/mol. The number of anilines is 1. The molecule has 3 saturated heterocycles. The summed E-state index contributed by atoms with van der Waals surface area (Å²) in [4.78, 5) is 25.7. The van der Waals surface area contributed by atoms with Crippen LogP contribution in [0.1, 0.15) is 51.0 Å². The second-order valence-electron chi connectivity index (χ2n) is 9.21. The molecule has 174 valence electrons. The Morgan fingerprint density at radius 3 is 2.48 bits per heavy atom. The van der Waals surface area contributed by atoms with Crippen LogP contribution in [0, 0.1) is 11.3 Å². The van der Waals surface area contributed by atoms with Gasteiger partial charge < -0.3 is 19.8 Å². The Bertz CT molecular complexity index is 727. The van der Waals surface area contributed by atoms with E-state index < -0.39 is 0 Å². The van der Waals surface area contributed by atoms with Crippen molar-refractivity contribution in [3.05, 3.63) is 5.01 Å². The SMILES string of the molecule is CC(C)Cc1nnc(N2CCC3(CC2)CC(CN2CCC(O)CC2)OC3=O)s1.O=CO. The average molecular weight is 455 g/mol. The van der Waals surface area contributed by atoms with Gasteiger partial charge in [-0.3, -0.25) is 14.5 Å². The number of hydrogen-bond donors (Lipinski definition) is 2. The van der Waals surface area contributed by atoms with Crippen LogP contribution in [0.4, 0.5) is 5.13 Å². The molecule has 31 heavy (non-hydrogen) atoms. The molecule has 1 unspecified atom stereocenters. The summed E-state index contributed by atoms with van der Waals surface area (Å²) in [7, 11) is 0. The molecule has 4 rings (SSSR count). The molecule has 3 aliphatic rings. The molecular weight excluding hydrogens is 420 g/mol. The van der Waals surface area contributed by atoms with E-state index in [1.165, 1.54) is 0 Å². The van der Waals surface area contributed by atoms with Crippen LogP contribution in [0.25, 0.3) is 0 Å². The van der Waals surface area contributed by atoms with Crippen molar-refractivity contribution in [2.24, 2.45) is 11.3 Å². The first-order valence-electron chi connectivity index (χ1n) is 11.1. The number of aliphatic hydroxyl groups excluding tert-OH is 1.